The predicted molar refractivity (Wildman–Crippen MR) is 61.0 cm³/mol. The lowest BCUT2D eigenvalue weighted by atomic mass is 10.1. The highest BCUT2D eigenvalue weighted by atomic mass is 16.4. The van der Waals surface area contributed by atoms with E-state index in [4.69, 9.17) is 21.7 Å². The average molecular weight is 232 g/mol. The zero-order chi connectivity index (χ0) is 13.1. The van der Waals surface area contributed by atoms with Crippen LogP contribution in [0.2, 0.25) is 0 Å². The first kappa shape index (κ1) is 17.0. The molecule has 0 saturated heterocycles. The number of rotatable bonds is 6. The van der Waals surface area contributed by atoms with E-state index >= 15 is 0 Å². The Labute approximate surface area is 94.9 Å². The fourth-order valence-corrected chi connectivity index (χ4v) is 0.632. The van der Waals surface area contributed by atoms with Gasteiger partial charge in [-0.1, -0.05) is 13.0 Å². The number of hydrogen-bond donors (Lipinski definition) is 4. The van der Waals surface area contributed by atoms with E-state index in [0.717, 1.165) is 12.8 Å². The number of nitrogens with two attached hydrogens (primary N) is 2. The maximum Gasteiger partial charge on any atom is 0.330 e. The summed E-state index contributed by atoms with van der Waals surface area (Å²) in [7, 11) is 0. The van der Waals surface area contributed by atoms with Gasteiger partial charge in [0.15, 0.2) is 0 Å². The molecular weight excluding hydrogens is 212 g/mol. The van der Waals surface area contributed by atoms with Crippen molar-refractivity contribution in [3.8, 4) is 0 Å². The Kier molecular flexibility index (Phi) is 10.8. The van der Waals surface area contributed by atoms with Gasteiger partial charge in [0.2, 0.25) is 0 Å². The minimum atomic E-state index is -0.935. The monoisotopic (exact) mass is 232 g/mol. The molecule has 94 valence electrons. The van der Waals surface area contributed by atoms with Gasteiger partial charge < -0.3 is 21.7 Å². The van der Waals surface area contributed by atoms with Gasteiger partial charge in [-0.15, -0.1) is 0 Å². The molecule has 0 radical (unpaired) electrons. The quantitative estimate of drug-likeness (QED) is 0.382. The topological polar surface area (TPSA) is 127 Å². The predicted octanol–water partition coefficient (Wildman–Crippen LogP) is 0.174. The molecule has 0 unspecified atom stereocenters. The summed E-state index contributed by atoms with van der Waals surface area (Å²) < 4.78 is 0. The van der Waals surface area contributed by atoms with Crippen molar-refractivity contribution < 1.29 is 19.8 Å². The summed E-state index contributed by atoms with van der Waals surface area (Å²) in [6.07, 6.45) is 2.16. The van der Waals surface area contributed by atoms with Crippen molar-refractivity contribution in [3.63, 3.8) is 0 Å². The molecule has 1 atom stereocenters. The van der Waals surface area contributed by atoms with Gasteiger partial charge in [0, 0.05) is 5.57 Å². The van der Waals surface area contributed by atoms with Gasteiger partial charge >= 0.3 is 11.9 Å². The van der Waals surface area contributed by atoms with Crippen LogP contribution in [0, 0.1) is 0 Å². The number of aliphatic carboxylic acids is 2. The zero-order valence-electron chi connectivity index (χ0n) is 9.48. The molecule has 16 heavy (non-hydrogen) atoms. The van der Waals surface area contributed by atoms with Gasteiger partial charge in [-0.3, -0.25) is 4.79 Å². The Morgan fingerprint density at radius 1 is 1.31 bits per heavy atom. The molecule has 0 aliphatic rings. The van der Waals surface area contributed by atoms with Gasteiger partial charge in [0.05, 0.1) is 0 Å². The third-order valence-corrected chi connectivity index (χ3v) is 1.65. The molecule has 0 amide bonds. The number of carboxylic acids is 2. The van der Waals surface area contributed by atoms with Crippen molar-refractivity contribution in [2.75, 3.05) is 6.54 Å². The van der Waals surface area contributed by atoms with E-state index in [9.17, 15) is 9.59 Å². The first-order valence-electron chi connectivity index (χ1n) is 4.90. The van der Waals surface area contributed by atoms with Gasteiger partial charge in [0.1, 0.15) is 6.04 Å². The molecule has 0 aromatic heterocycles. The minimum Gasteiger partial charge on any atom is -0.480 e. The fraction of sp³-hybridized carbons (Fsp3) is 0.600. The second-order valence-corrected chi connectivity index (χ2v) is 3.31. The first-order chi connectivity index (χ1) is 7.32. The molecule has 0 aliphatic heterocycles. The highest BCUT2D eigenvalue weighted by Gasteiger charge is 2.09. The van der Waals surface area contributed by atoms with Crippen LogP contribution in [0.3, 0.4) is 0 Å². The number of carboxylic acid groups (broad SMARTS) is 2. The summed E-state index contributed by atoms with van der Waals surface area (Å²) >= 11 is 0. The SMILES string of the molecule is C=C(C)C(=O)O.NCCCC[C@H](N)C(=O)O. The standard InChI is InChI=1S/C6H14N2O2.C4H6O2/c7-4-2-1-3-5(8)6(9)10;1-3(2)4(5)6/h5H,1-4,7-8H2,(H,9,10);1H2,2H3,(H,5,6)/t5-;/m0./s1. The van der Waals surface area contributed by atoms with Crippen LogP contribution in [0.1, 0.15) is 26.2 Å². The van der Waals surface area contributed by atoms with Gasteiger partial charge in [-0.2, -0.15) is 0 Å². The lowest BCUT2D eigenvalue weighted by Gasteiger charge is -2.03. The van der Waals surface area contributed by atoms with E-state index < -0.39 is 18.0 Å². The van der Waals surface area contributed by atoms with Crippen LogP contribution in [0.25, 0.3) is 0 Å². The number of hydrogen-bond acceptors (Lipinski definition) is 4. The second-order valence-electron chi connectivity index (χ2n) is 3.31. The largest absolute Gasteiger partial charge is 0.480 e. The molecule has 0 fully saturated rings. The lowest BCUT2D eigenvalue weighted by Crippen LogP contribution is -2.29. The van der Waals surface area contributed by atoms with Crippen LogP contribution in [-0.4, -0.2) is 34.7 Å². The third kappa shape index (κ3) is 12.6. The Balaban J connectivity index is 0. The van der Waals surface area contributed by atoms with Crippen molar-refractivity contribution in [3.05, 3.63) is 12.2 Å². The van der Waals surface area contributed by atoms with Crippen LogP contribution in [-0.2, 0) is 9.59 Å². The average Bonchev–Trinajstić information content (AvgIpc) is 2.18. The molecule has 6 nitrogen and oxygen atoms in total. The highest BCUT2D eigenvalue weighted by molar-refractivity contribution is 5.84. The van der Waals surface area contributed by atoms with E-state index in [1.54, 1.807) is 0 Å². The Hall–Kier alpha value is -1.40. The number of unbranched alkanes of at least 4 members (excludes halogenated alkanes) is 1. The number of carbonyl (C=O) groups is 2. The van der Waals surface area contributed by atoms with E-state index in [1.807, 2.05) is 0 Å². The summed E-state index contributed by atoms with van der Waals surface area (Å²) in [4.78, 5) is 19.7. The molecule has 0 saturated carbocycles. The third-order valence-electron chi connectivity index (χ3n) is 1.65. The molecule has 0 aromatic rings. The molecule has 0 heterocycles. The Morgan fingerprint density at radius 2 is 1.75 bits per heavy atom. The van der Waals surface area contributed by atoms with E-state index in [-0.39, 0.29) is 5.57 Å². The molecule has 0 rings (SSSR count). The fourth-order valence-electron chi connectivity index (χ4n) is 0.632. The molecule has 0 aromatic carbocycles. The molecule has 0 bridgehead atoms. The lowest BCUT2D eigenvalue weighted by molar-refractivity contribution is -0.138. The Morgan fingerprint density at radius 3 is 2.00 bits per heavy atom. The normalized spacial score (nSPS) is 10.9. The van der Waals surface area contributed by atoms with E-state index in [2.05, 4.69) is 6.58 Å². The summed E-state index contributed by atoms with van der Waals surface area (Å²) in [6, 6.07) is -0.716. The molecule has 0 spiro atoms. The van der Waals surface area contributed by atoms with Crippen molar-refractivity contribution >= 4 is 11.9 Å². The maximum atomic E-state index is 10.1. The minimum absolute atomic E-state index is 0.176. The second kappa shape index (κ2) is 10.1. The smallest absolute Gasteiger partial charge is 0.330 e. The molecule has 6 N–H and O–H groups in total. The highest BCUT2D eigenvalue weighted by Crippen LogP contribution is 1.96. The summed E-state index contributed by atoms with van der Waals surface area (Å²) in [5.74, 6) is -1.87. The first-order valence-corrected chi connectivity index (χ1v) is 4.90. The van der Waals surface area contributed by atoms with Crippen LogP contribution >= 0.6 is 0 Å². The van der Waals surface area contributed by atoms with Gasteiger partial charge in [0.25, 0.3) is 0 Å². The van der Waals surface area contributed by atoms with E-state index in [1.165, 1.54) is 6.92 Å². The molecular formula is C10H20N2O4. The van der Waals surface area contributed by atoms with Crippen LogP contribution in [0.15, 0.2) is 12.2 Å². The van der Waals surface area contributed by atoms with Crippen molar-refractivity contribution in [2.24, 2.45) is 11.5 Å². The maximum absolute atomic E-state index is 10.1. The van der Waals surface area contributed by atoms with Crippen LogP contribution in [0.4, 0.5) is 0 Å². The van der Waals surface area contributed by atoms with Crippen molar-refractivity contribution in [1.82, 2.24) is 0 Å². The Bertz CT molecular complexity index is 229. The van der Waals surface area contributed by atoms with Crippen LogP contribution < -0.4 is 11.5 Å². The zero-order valence-corrected chi connectivity index (χ0v) is 9.48. The van der Waals surface area contributed by atoms with Gasteiger partial charge in [-0.05, 0) is 26.3 Å². The van der Waals surface area contributed by atoms with Gasteiger partial charge in [-0.25, -0.2) is 4.79 Å². The molecule has 6 heteroatoms. The van der Waals surface area contributed by atoms with E-state index in [0.29, 0.717) is 13.0 Å². The van der Waals surface area contributed by atoms with Crippen molar-refractivity contribution in [2.45, 2.75) is 32.2 Å². The van der Waals surface area contributed by atoms with Crippen molar-refractivity contribution in [1.29, 1.82) is 0 Å². The summed E-state index contributed by atoms with van der Waals surface area (Å²) in [5, 5.41) is 16.2. The molecule has 0 aliphatic carbocycles. The summed E-state index contributed by atoms with van der Waals surface area (Å²) in [6.45, 7) is 5.21. The summed E-state index contributed by atoms with van der Waals surface area (Å²) in [5.41, 5.74) is 10.6. The van der Waals surface area contributed by atoms with Crippen LogP contribution in [0.5, 0.6) is 0 Å².